The number of amides is 2. The molecule has 2 aromatic rings. The van der Waals surface area contributed by atoms with Gasteiger partial charge in [-0.3, -0.25) is 14.4 Å². The van der Waals surface area contributed by atoms with Crippen LogP contribution in [0.3, 0.4) is 0 Å². The van der Waals surface area contributed by atoms with E-state index in [1.54, 1.807) is 31.4 Å². The fourth-order valence-corrected chi connectivity index (χ4v) is 3.59. The number of methoxy groups -OCH3 is 1. The lowest BCUT2D eigenvalue weighted by atomic mass is 10.1. The Morgan fingerprint density at radius 3 is 2.57 bits per heavy atom. The largest absolute Gasteiger partial charge is 0.497 e. The molecular formula is C22H23BrN2O5. The molecule has 0 unspecified atom stereocenters. The van der Waals surface area contributed by atoms with Gasteiger partial charge in [-0.05, 0) is 49.2 Å². The molecule has 0 radical (unpaired) electrons. The van der Waals surface area contributed by atoms with Gasteiger partial charge in [0.05, 0.1) is 13.0 Å². The third-order valence-electron chi connectivity index (χ3n) is 4.89. The topological polar surface area (TPSA) is 84.9 Å². The van der Waals surface area contributed by atoms with E-state index in [9.17, 15) is 14.4 Å². The van der Waals surface area contributed by atoms with Crippen molar-refractivity contribution in [2.75, 3.05) is 30.5 Å². The first-order valence-corrected chi connectivity index (χ1v) is 10.3. The summed E-state index contributed by atoms with van der Waals surface area (Å²) in [5, 5.41) is 2.72. The normalized spacial score (nSPS) is 15.8. The lowest BCUT2D eigenvalue weighted by Crippen LogP contribution is -2.28. The van der Waals surface area contributed by atoms with Crippen LogP contribution in [0, 0.1) is 19.8 Å². The first-order valence-electron chi connectivity index (χ1n) is 9.46. The Labute approximate surface area is 183 Å². The predicted octanol–water partition coefficient (Wildman–Crippen LogP) is 3.61. The molecule has 3 rings (SSSR count). The number of halogens is 1. The van der Waals surface area contributed by atoms with Crippen molar-refractivity contribution >= 4 is 45.1 Å². The standard InChI is InChI=1S/C22H23BrN2O5/c1-13-7-16(8-14(2)21(13)23)24-19(26)12-30-22(28)15-9-20(27)25(11-15)17-5-4-6-18(10-17)29-3/h4-8,10,15H,9,11-12H2,1-3H3,(H,24,26)/t15-/m0/s1. The summed E-state index contributed by atoms with van der Waals surface area (Å²) in [4.78, 5) is 38.4. The van der Waals surface area contributed by atoms with Gasteiger partial charge in [0.25, 0.3) is 5.91 Å². The minimum absolute atomic E-state index is 0.0444. The van der Waals surface area contributed by atoms with E-state index in [1.807, 2.05) is 26.0 Å². The van der Waals surface area contributed by atoms with Crippen LogP contribution >= 0.6 is 15.9 Å². The summed E-state index contributed by atoms with van der Waals surface area (Å²) in [5.41, 5.74) is 3.27. The van der Waals surface area contributed by atoms with Gasteiger partial charge >= 0.3 is 5.97 Å². The zero-order valence-electron chi connectivity index (χ0n) is 17.0. The Kier molecular flexibility index (Phi) is 6.77. The van der Waals surface area contributed by atoms with Crippen molar-refractivity contribution in [3.8, 4) is 5.75 Å². The number of rotatable bonds is 6. The number of nitrogens with zero attached hydrogens (tertiary/aromatic N) is 1. The molecule has 0 aromatic heterocycles. The van der Waals surface area contributed by atoms with Crippen molar-refractivity contribution in [3.63, 3.8) is 0 Å². The number of nitrogens with one attached hydrogen (secondary N) is 1. The molecule has 1 aliphatic heterocycles. The zero-order valence-corrected chi connectivity index (χ0v) is 18.6. The molecule has 1 fully saturated rings. The highest BCUT2D eigenvalue weighted by atomic mass is 79.9. The van der Waals surface area contributed by atoms with Crippen LogP contribution in [0.1, 0.15) is 17.5 Å². The highest BCUT2D eigenvalue weighted by molar-refractivity contribution is 9.10. The number of hydrogen-bond acceptors (Lipinski definition) is 5. The summed E-state index contributed by atoms with van der Waals surface area (Å²) >= 11 is 3.48. The maximum absolute atomic E-state index is 12.4. The van der Waals surface area contributed by atoms with Gasteiger partial charge in [-0.15, -0.1) is 0 Å². The number of anilines is 2. The summed E-state index contributed by atoms with van der Waals surface area (Å²) in [6, 6.07) is 10.7. The Bertz CT molecular complexity index is 968. The summed E-state index contributed by atoms with van der Waals surface area (Å²) in [7, 11) is 1.55. The second kappa shape index (κ2) is 9.30. The Morgan fingerprint density at radius 1 is 1.20 bits per heavy atom. The molecule has 1 N–H and O–H groups in total. The summed E-state index contributed by atoms with van der Waals surface area (Å²) < 4.78 is 11.3. The molecule has 2 aromatic carbocycles. The molecule has 158 valence electrons. The number of ether oxygens (including phenoxy) is 2. The van der Waals surface area contributed by atoms with E-state index < -0.39 is 24.4 Å². The number of carbonyl (C=O) groups excluding carboxylic acids is 3. The quantitative estimate of drug-likeness (QED) is 0.646. The number of aryl methyl sites for hydroxylation is 2. The maximum atomic E-state index is 12.4. The fraction of sp³-hybridized carbons (Fsp3) is 0.318. The Morgan fingerprint density at radius 2 is 1.90 bits per heavy atom. The predicted molar refractivity (Wildman–Crippen MR) is 117 cm³/mol. The Balaban J connectivity index is 1.55. The molecule has 1 heterocycles. The van der Waals surface area contributed by atoms with Crippen LogP contribution in [0.15, 0.2) is 40.9 Å². The SMILES string of the molecule is COc1cccc(N2C[C@@H](C(=O)OCC(=O)Nc3cc(C)c(Br)c(C)c3)CC2=O)c1. The first-order chi connectivity index (χ1) is 14.3. The number of esters is 1. The monoisotopic (exact) mass is 474 g/mol. The first kappa shape index (κ1) is 21.8. The van der Waals surface area contributed by atoms with Gasteiger partial charge in [0.2, 0.25) is 5.91 Å². The molecule has 1 aliphatic rings. The van der Waals surface area contributed by atoms with Crippen molar-refractivity contribution in [3.05, 3.63) is 52.0 Å². The molecule has 0 aliphatic carbocycles. The van der Waals surface area contributed by atoms with Crippen molar-refractivity contribution in [1.29, 1.82) is 0 Å². The summed E-state index contributed by atoms with van der Waals surface area (Å²) in [6.07, 6.45) is 0.0444. The van der Waals surface area contributed by atoms with E-state index in [2.05, 4.69) is 21.2 Å². The molecule has 1 atom stereocenters. The lowest BCUT2D eigenvalue weighted by molar-refractivity contribution is -0.151. The van der Waals surface area contributed by atoms with Crippen molar-refractivity contribution in [1.82, 2.24) is 0 Å². The van der Waals surface area contributed by atoms with Crippen molar-refractivity contribution in [2.24, 2.45) is 5.92 Å². The van der Waals surface area contributed by atoms with Crippen LogP contribution in [-0.4, -0.2) is 38.0 Å². The van der Waals surface area contributed by atoms with Crippen LogP contribution in [0.5, 0.6) is 5.75 Å². The van der Waals surface area contributed by atoms with Crippen LogP contribution < -0.4 is 15.0 Å². The van der Waals surface area contributed by atoms with Gasteiger partial charge in [-0.1, -0.05) is 22.0 Å². The minimum Gasteiger partial charge on any atom is -0.497 e. The zero-order chi connectivity index (χ0) is 21.8. The highest BCUT2D eigenvalue weighted by Crippen LogP contribution is 2.28. The lowest BCUT2D eigenvalue weighted by Gasteiger charge is -2.17. The Hall–Kier alpha value is -2.87. The second-order valence-electron chi connectivity index (χ2n) is 7.19. The number of benzene rings is 2. The number of hydrogen-bond donors (Lipinski definition) is 1. The van der Waals surface area contributed by atoms with E-state index in [1.165, 1.54) is 4.90 Å². The molecule has 0 saturated carbocycles. The third-order valence-corrected chi connectivity index (χ3v) is 6.14. The molecule has 8 heteroatoms. The molecule has 7 nitrogen and oxygen atoms in total. The van der Waals surface area contributed by atoms with Gasteiger partial charge in [-0.2, -0.15) is 0 Å². The van der Waals surface area contributed by atoms with E-state index in [4.69, 9.17) is 9.47 Å². The van der Waals surface area contributed by atoms with Gasteiger partial charge < -0.3 is 19.7 Å². The molecule has 1 saturated heterocycles. The summed E-state index contributed by atoms with van der Waals surface area (Å²) in [6.45, 7) is 3.66. The van der Waals surface area contributed by atoms with Crippen molar-refractivity contribution < 1.29 is 23.9 Å². The van der Waals surface area contributed by atoms with E-state index in [0.717, 1.165) is 15.6 Å². The summed E-state index contributed by atoms with van der Waals surface area (Å²) in [5.74, 6) is -1.16. The van der Waals surface area contributed by atoms with Gasteiger partial charge in [0.15, 0.2) is 6.61 Å². The van der Waals surface area contributed by atoms with Crippen LogP contribution in [0.25, 0.3) is 0 Å². The second-order valence-corrected chi connectivity index (χ2v) is 7.98. The van der Waals surface area contributed by atoms with E-state index >= 15 is 0 Å². The molecule has 0 spiro atoms. The average Bonchev–Trinajstić information content (AvgIpc) is 3.12. The third kappa shape index (κ3) is 4.99. The van der Waals surface area contributed by atoms with Gasteiger partial charge in [0, 0.05) is 34.9 Å². The average molecular weight is 475 g/mol. The van der Waals surface area contributed by atoms with Crippen molar-refractivity contribution in [2.45, 2.75) is 20.3 Å². The highest BCUT2D eigenvalue weighted by Gasteiger charge is 2.36. The molecule has 30 heavy (non-hydrogen) atoms. The van der Waals surface area contributed by atoms with Gasteiger partial charge in [0.1, 0.15) is 5.75 Å². The molecular weight excluding hydrogens is 452 g/mol. The van der Waals surface area contributed by atoms with E-state index in [-0.39, 0.29) is 18.9 Å². The smallest absolute Gasteiger partial charge is 0.311 e. The molecule has 2 amide bonds. The van der Waals surface area contributed by atoms with Crippen LogP contribution in [0.2, 0.25) is 0 Å². The van der Waals surface area contributed by atoms with Crippen LogP contribution in [0.4, 0.5) is 11.4 Å². The maximum Gasteiger partial charge on any atom is 0.311 e. The minimum atomic E-state index is -0.617. The van der Waals surface area contributed by atoms with Crippen LogP contribution in [-0.2, 0) is 19.1 Å². The fourth-order valence-electron chi connectivity index (χ4n) is 3.36. The van der Waals surface area contributed by atoms with E-state index in [0.29, 0.717) is 17.1 Å². The number of carbonyl (C=O) groups is 3. The molecule has 0 bridgehead atoms. The van der Waals surface area contributed by atoms with Gasteiger partial charge in [-0.25, -0.2) is 0 Å².